The summed E-state index contributed by atoms with van der Waals surface area (Å²) in [6.45, 7) is 1.92. The van der Waals surface area contributed by atoms with Crippen LogP contribution in [0.25, 0.3) is 0 Å². The van der Waals surface area contributed by atoms with Crippen LogP contribution >= 0.6 is 11.6 Å². The van der Waals surface area contributed by atoms with Gasteiger partial charge in [0.2, 0.25) is 5.91 Å². The summed E-state index contributed by atoms with van der Waals surface area (Å²) < 4.78 is 11.1. The fourth-order valence-corrected chi connectivity index (χ4v) is 2.24. The summed E-state index contributed by atoms with van der Waals surface area (Å²) in [5.74, 6) is 0.794. The number of methoxy groups -OCH3 is 1. The van der Waals surface area contributed by atoms with Crippen LogP contribution in [-0.2, 0) is 11.4 Å². The van der Waals surface area contributed by atoms with Gasteiger partial charge in [0.1, 0.15) is 6.61 Å². The molecule has 0 aliphatic heterocycles. The molecule has 6 nitrogen and oxygen atoms in total. The molecule has 0 saturated carbocycles. The van der Waals surface area contributed by atoms with Crippen LogP contribution in [0.1, 0.15) is 24.5 Å². The maximum atomic E-state index is 11.4. The van der Waals surface area contributed by atoms with Crippen molar-refractivity contribution in [2.75, 3.05) is 7.11 Å². The third kappa shape index (κ3) is 6.38. The number of hydrogen-bond acceptors (Lipinski definition) is 5. The van der Waals surface area contributed by atoms with Gasteiger partial charge in [0.15, 0.2) is 11.5 Å². The van der Waals surface area contributed by atoms with Crippen molar-refractivity contribution in [2.45, 2.75) is 26.1 Å². The second kappa shape index (κ2) is 9.79. The molecule has 0 aromatic heterocycles. The summed E-state index contributed by atoms with van der Waals surface area (Å²) in [6, 6.07) is 12.7. The first-order valence-corrected chi connectivity index (χ1v) is 8.41. The van der Waals surface area contributed by atoms with Gasteiger partial charge >= 0.3 is 0 Å². The zero-order valence-corrected chi connectivity index (χ0v) is 15.4. The van der Waals surface area contributed by atoms with Crippen molar-refractivity contribution in [1.82, 2.24) is 5.43 Å². The lowest BCUT2D eigenvalue weighted by atomic mass is 10.2. The minimum Gasteiger partial charge on any atom is -0.493 e. The second-order valence-electron chi connectivity index (χ2n) is 5.67. The number of amides is 1. The molecule has 7 heteroatoms. The number of hydrazone groups is 1. The Morgan fingerprint density at radius 2 is 2.00 bits per heavy atom. The Morgan fingerprint density at radius 3 is 2.65 bits per heavy atom. The lowest BCUT2D eigenvalue weighted by Crippen LogP contribution is -2.21. The first-order chi connectivity index (χ1) is 12.5. The van der Waals surface area contributed by atoms with E-state index in [0.29, 0.717) is 23.1 Å². The summed E-state index contributed by atoms with van der Waals surface area (Å²) in [6.07, 6.45) is 0.784. The average molecular weight is 377 g/mol. The van der Waals surface area contributed by atoms with Crippen molar-refractivity contribution in [1.29, 1.82) is 0 Å². The van der Waals surface area contributed by atoms with Gasteiger partial charge in [-0.3, -0.25) is 4.79 Å². The van der Waals surface area contributed by atoms with Crippen LogP contribution in [0.4, 0.5) is 0 Å². The fraction of sp³-hybridized carbons (Fsp3) is 0.263. The highest BCUT2D eigenvalue weighted by Crippen LogP contribution is 2.28. The Hall–Kier alpha value is -2.57. The standard InChI is InChI=1S/C19H21ClN2O4/c1-13(23)9-19(24)22-21-11-15-5-8-17(18(10-15)25-2)26-12-14-3-6-16(20)7-4-14/h3-8,10-11,13,23H,9,12H2,1-2H3,(H,22,24)/b21-11-. The van der Waals surface area contributed by atoms with E-state index >= 15 is 0 Å². The molecule has 1 amide bonds. The Kier molecular flexibility index (Phi) is 7.44. The lowest BCUT2D eigenvalue weighted by molar-refractivity contribution is -0.122. The molecule has 2 aromatic carbocycles. The number of rotatable bonds is 8. The number of aliphatic hydroxyl groups excluding tert-OH is 1. The average Bonchev–Trinajstić information content (AvgIpc) is 2.61. The Bertz CT molecular complexity index is 761. The highest BCUT2D eigenvalue weighted by molar-refractivity contribution is 6.30. The van der Waals surface area contributed by atoms with Crippen molar-refractivity contribution in [3.63, 3.8) is 0 Å². The lowest BCUT2D eigenvalue weighted by Gasteiger charge is -2.11. The SMILES string of the molecule is COc1cc(/C=N\NC(=O)CC(C)O)ccc1OCc1ccc(Cl)cc1. The number of halogens is 1. The van der Waals surface area contributed by atoms with Crippen LogP contribution in [0.2, 0.25) is 5.02 Å². The Balaban J connectivity index is 1.97. The van der Waals surface area contributed by atoms with E-state index in [4.69, 9.17) is 26.2 Å². The van der Waals surface area contributed by atoms with E-state index in [1.54, 1.807) is 25.3 Å². The highest BCUT2D eigenvalue weighted by atomic mass is 35.5. The van der Waals surface area contributed by atoms with Gasteiger partial charge in [0.05, 0.1) is 25.8 Å². The minimum absolute atomic E-state index is 0.00185. The van der Waals surface area contributed by atoms with E-state index in [2.05, 4.69) is 10.5 Å². The molecule has 0 aliphatic rings. The van der Waals surface area contributed by atoms with E-state index in [1.807, 2.05) is 24.3 Å². The molecule has 138 valence electrons. The summed E-state index contributed by atoms with van der Waals surface area (Å²) in [5, 5.41) is 13.7. The summed E-state index contributed by atoms with van der Waals surface area (Å²) in [5.41, 5.74) is 4.08. The first-order valence-electron chi connectivity index (χ1n) is 8.03. The third-order valence-electron chi connectivity index (χ3n) is 3.38. The molecule has 26 heavy (non-hydrogen) atoms. The number of nitrogens with one attached hydrogen (secondary N) is 1. The molecule has 2 N–H and O–H groups in total. The smallest absolute Gasteiger partial charge is 0.242 e. The largest absolute Gasteiger partial charge is 0.493 e. The molecule has 2 rings (SSSR count). The number of ether oxygens (including phenoxy) is 2. The normalized spacial score (nSPS) is 12.0. The zero-order valence-electron chi connectivity index (χ0n) is 14.6. The summed E-state index contributed by atoms with van der Waals surface area (Å²) in [7, 11) is 1.55. The topological polar surface area (TPSA) is 80.2 Å². The van der Waals surface area contributed by atoms with Crippen molar-refractivity contribution >= 4 is 23.7 Å². The highest BCUT2D eigenvalue weighted by Gasteiger charge is 2.07. The van der Waals surface area contributed by atoms with Crippen LogP contribution in [0.5, 0.6) is 11.5 Å². The van der Waals surface area contributed by atoms with Crippen molar-refractivity contribution in [3.05, 3.63) is 58.6 Å². The molecule has 1 atom stereocenters. The van der Waals surface area contributed by atoms with Gasteiger partial charge < -0.3 is 14.6 Å². The van der Waals surface area contributed by atoms with Gasteiger partial charge in [-0.2, -0.15) is 5.10 Å². The predicted octanol–water partition coefficient (Wildman–Crippen LogP) is 3.15. The Labute approximate surface area is 157 Å². The molecule has 0 spiro atoms. The maximum absolute atomic E-state index is 11.4. The molecule has 2 aromatic rings. The molecule has 1 unspecified atom stereocenters. The van der Waals surface area contributed by atoms with Gasteiger partial charge in [-0.1, -0.05) is 23.7 Å². The van der Waals surface area contributed by atoms with Crippen LogP contribution < -0.4 is 14.9 Å². The van der Waals surface area contributed by atoms with Crippen molar-refractivity contribution in [2.24, 2.45) is 5.10 Å². The number of benzene rings is 2. The Morgan fingerprint density at radius 1 is 1.27 bits per heavy atom. The van der Waals surface area contributed by atoms with E-state index in [0.717, 1.165) is 11.1 Å². The van der Waals surface area contributed by atoms with Crippen molar-refractivity contribution in [3.8, 4) is 11.5 Å². The molecule has 0 aliphatic carbocycles. The predicted molar refractivity (Wildman–Crippen MR) is 101 cm³/mol. The minimum atomic E-state index is -0.706. The molecule has 0 fully saturated rings. The fourth-order valence-electron chi connectivity index (χ4n) is 2.12. The number of nitrogens with zero attached hydrogens (tertiary/aromatic N) is 1. The second-order valence-corrected chi connectivity index (χ2v) is 6.11. The number of hydrogen-bond donors (Lipinski definition) is 2. The third-order valence-corrected chi connectivity index (χ3v) is 3.63. The van der Waals surface area contributed by atoms with Crippen LogP contribution in [0.3, 0.4) is 0 Å². The zero-order chi connectivity index (χ0) is 18.9. The van der Waals surface area contributed by atoms with Crippen LogP contribution in [-0.4, -0.2) is 30.4 Å². The van der Waals surface area contributed by atoms with E-state index in [9.17, 15) is 4.79 Å². The molecule has 0 heterocycles. The van der Waals surface area contributed by atoms with Crippen LogP contribution in [0, 0.1) is 0 Å². The monoisotopic (exact) mass is 376 g/mol. The van der Waals surface area contributed by atoms with Gasteiger partial charge in [-0.25, -0.2) is 5.43 Å². The molecule has 0 saturated heterocycles. The maximum Gasteiger partial charge on any atom is 0.242 e. The molecule has 0 bridgehead atoms. The summed E-state index contributed by atoms with van der Waals surface area (Å²) in [4.78, 5) is 11.4. The van der Waals surface area contributed by atoms with E-state index in [-0.39, 0.29) is 12.3 Å². The summed E-state index contributed by atoms with van der Waals surface area (Å²) >= 11 is 5.87. The van der Waals surface area contributed by atoms with Gasteiger partial charge in [-0.05, 0) is 48.4 Å². The van der Waals surface area contributed by atoms with Crippen molar-refractivity contribution < 1.29 is 19.4 Å². The number of aliphatic hydroxyl groups is 1. The number of carbonyl (C=O) groups excluding carboxylic acids is 1. The first kappa shape index (κ1) is 19.8. The molecular formula is C19H21ClN2O4. The van der Waals surface area contributed by atoms with Gasteiger partial charge in [0, 0.05) is 5.02 Å². The molecule has 0 radical (unpaired) electrons. The molecular weight excluding hydrogens is 356 g/mol. The van der Waals surface area contributed by atoms with Gasteiger partial charge in [0.25, 0.3) is 0 Å². The quantitative estimate of drug-likeness (QED) is 0.548. The van der Waals surface area contributed by atoms with E-state index < -0.39 is 6.10 Å². The van der Waals surface area contributed by atoms with Crippen LogP contribution in [0.15, 0.2) is 47.6 Å². The van der Waals surface area contributed by atoms with E-state index in [1.165, 1.54) is 13.1 Å². The van der Waals surface area contributed by atoms with Gasteiger partial charge in [-0.15, -0.1) is 0 Å². The number of carbonyl (C=O) groups is 1.